The van der Waals surface area contributed by atoms with Gasteiger partial charge in [0.25, 0.3) is 0 Å². The molecule has 1 unspecified atom stereocenters. The summed E-state index contributed by atoms with van der Waals surface area (Å²) in [5.74, 6) is -2.51. The van der Waals surface area contributed by atoms with Gasteiger partial charge in [-0.1, -0.05) is 152 Å². The van der Waals surface area contributed by atoms with Crippen molar-refractivity contribution in [1.29, 1.82) is 0 Å². The van der Waals surface area contributed by atoms with E-state index in [1.54, 1.807) is 19.1 Å². The summed E-state index contributed by atoms with van der Waals surface area (Å²) in [4.78, 5) is 25.5. The van der Waals surface area contributed by atoms with E-state index in [-0.39, 0.29) is 18.9 Å². The number of hydrogen-bond acceptors (Lipinski definition) is 4. The Morgan fingerprint density at radius 2 is 1.13 bits per heavy atom. The van der Waals surface area contributed by atoms with Crippen LogP contribution in [0.5, 0.6) is 0 Å². The van der Waals surface area contributed by atoms with Gasteiger partial charge in [0.2, 0.25) is 0 Å². The number of carboxylic acids is 1. The fraction of sp³-hybridized carbons (Fsp3) is 0.171. The smallest absolute Gasteiger partial charge is 0.312 e. The van der Waals surface area contributed by atoms with Crippen molar-refractivity contribution >= 4 is 11.9 Å². The van der Waals surface area contributed by atoms with Gasteiger partial charge in [0.05, 0.1) is 12.5 Å². The molecule has 5 aromatic rings. The highest BCUT2D eigenvalue weighted by molar-refractivity contribution is 5.79. The Labute approximate surface area is 269 Å². The van der Waals surface area contributed by atoms with Gasteiger partial charge in [-0.2, -0.15) is 0 Å². The highest BCUT2D eigenvalue weighted by atomic mass is 16.5. The van der Waals surface area contributed by atoms with Crippen molar-refractivity contribution in [2.75, 3.05) is 6.61 Å². The molecular formula is C41H36O5. The number of aliphatic carboxylic acids is 1. The van der Waals surface area contributed by atoms with Crippen LogP contribution in [0.3, 0.4) is 0 Å². The van der Waals surface area contributed by atoms with E-state index in [9.17, 15) is 14.7 Å². The zero-order valence-electron chi connectivity index (χ0n) is 25.7. The van der Waals surface area contributed by atoms with Crippen LogP contribution in [0.25, 0.3) is 11.1 Å². The van der Waals surface area contributed by atoms with Gasteiger partial charge >= 0.3 is 11.9 Å². The second kappa shape index (κ2) is 13.8. The largest absolute Gasteiger partial charge is 0.481 e. The molecule has 0 aliphatic heterocycles. The fourth-order valence-corrected chi connectivity index (χ4v) is 6.50. The summed E-state index contributed by atoms with van der Waals surface area (Å²) in [6.45, 7) is 1.98. The Morgan fingerprint density at radius 3 is 1.59 bits per heavy atom. The number of benzene rings is 5. The molecule has 1 N–H and O–H groups in total. The summed E-state index contributed by atoms with van der Waals surface area (Å²) >= 11 is 0. The first-order valence-electron chi connectivity index (χ1n) is 15.6. The average Bonchev–Trinajstić information content (AvgIpc) is 3.42. The van der Waals surface area contributed by atoms with Crippen LogP contribution in [-0.2, 0) is 24.7 Å². The van der Waals surface area contributed by atoms with Crippen LogP contribution in [0.4, 0.5) is 0 Å². The Hall–Kier alpha value is -5.26. The number of rotatable bonds is 12. The monoisotopic (exact) mass is 608 g/mol. The van der Waals surface area contributed by atoms with Crippen molar-refractivity contribution in [1.82, 2.24) is 0 Å². The summed E-state index contributed by atoms with van der Waals surface area (Å²) in [5.41, 5.74) is 6.18. The summed E-state index contributed by atoms with van der Waals surface area (Å²) < 4.78 is 12.6. The van der Waals surface area contributed by atoms with Gasteiger partial charge in [0.15, 0.2) is 0 Å². The van der Waals surface area contributed by atoms with Crippen LogP contribution in [0.1, 0.15) is 47.1 Å². The number of carbonyl (C=O) groups is 2. The van der Waals surface area contributed by atoms with Gasteiger partial charge in [-0.15, -0.1) is 0 Å². The van der Waals surface area contributed by atoms with Crippen molar-refractivity contribution in [2.24, 2.45) is 5.92 Å². The molecule has 1 aliphatic rings. The number of carbonyl (C=O) groups excluding carboxylic acids is 1. The molecule has 0 saturated carbocycles. The van der Waals surface area contributed by atoms with Crippen LogP contribution >= 0.6 is 0 Å². The molecule has 1 aliphatic carbocycles. The molecule has 0 amide bonds. The van der Waals surface area contributed by atoms with Gasteiger partial charge in [0.1, 0.15) is 18.1 Å². The Morgan fingerprint density at radius 1 is 0.696 bits per heavy atom. The molecule has 0 fully saturated rings. The molecule has 5 nitrogen and oxygen atoms in total. The third-order valence-electron chi connectivity index (χ3n) is 8.70. The molecule has 230 valence electrons. The van der Waals surface area contributed by atoms with E-state index in [0.717, 1.165) is 38.9 Å². The summed E-state index contributed by atoms with van der Waals surface area (Å²) in [6, 6.07) is 45.9. The molecule has 6 rings (SSSR count). The standard InChI is InChI=1S/C41H36O5/c1-29(46-41(30-16-5-2-6-17-30,31-18-7-3-8-19-31)32-20-9-4-10-21-32)33(40(43)44)26-15-27-39(42)45-28-38-36-24-13-11-22-34(36)35-23-12-14-25-37(35)38/h2-26,29,33,38H,27-28H2,1H3,(H,43,44)/b26-15+/t29-,33?/m1/s1. The second-order valence-electron chi connectivity index (χ2n) is 11.5. The molecule has 0 radical (unpaired) electrons. The topological polar surface area (TPSA) is 72.8 Å². The van der Waals surface area contributed by atoms with Crippen molar-refractivity contribution in [3.8, 4) is 11.1 Å². The van der Waals surface area contributed by atoms with E-state index >= 15 is 0 Å². The molecule has 46 heavy (non-hydrogen) atoms. The fourth-order valence-electron chi connectivity index (χ4n) is 6.50. The van der Waals surface area contributed by atoms with Crippen LogP contribution in [0, 0.1) is 5.92 Å². The summed E-state index contributed by atoms with van der Waals surface area (Å²) in [5, 5.41) is 10.3. The van der Waals surface area contributed by atoms with Crippen LogP contribution in [0.15, 0.2) is 152 Å². The molecule has 0 spiro atoms. The van der Waals surface area contributed by atoms with Crippen molar-refractivity contribution in [2.45, 2.75) is 31.0 Å². The summed E-state index contributed by atoms with van der Waals surface area (Å²) in [6.07, 6.45) is 2.30. The Balaban J connectivity index is 1.20. The lowest BCUT2D eigenvalue weighted by atomic mass is 9.79. The maximum Gasteiger partial charge on any atom is 0.312 e. The van der Waals surface area contributed by atoms with Crippen molar-refractivity contribution in [3.63, 3.8) is 0 Å². The van der Waals surface area contributed by atoms with Crippen molar-refractivity contribution < 1.29 is 24.2 Å². The van der Waals surface area contributed by atoms with E-state index in [0.29, 0.717) is 0 Å². The second-order valence-corrected chi connectivity index (χ2v) is 11.5. The normalized spacial score (nSPS) is 13.9. The molecular weight excluding hydrogens is 572 g/mol. The minimum absolute atomic E-state index is 0.0393. The highest BCUT2D eigenvalue weighted by Crippen LogP contribution is 2.45. The van der Waals surface area contributed by atoms with E-state index in [1.807, 2.05) is 115 Å². The Bertz CT molecular complexity index is 1670. The predicted molar refractivity (Wildman–Crippen MR) is 179 cm³/mol. The summed E-state index contributed by atoms with van der Waals surface area (Å²) in [7, 11) is 0. The molecule has 0 aromatic heterocycles. The third kappa shape index (κ3) is 6.15. The van der Waals surface area contributed by atoms with E-state index in [1.165, 1.54) is 0 Å². The zero-order valence-corrected chi connectivity index (χ0v) is 25.7. The minimum Gasteiger partial charge on any atom is -0.481 e. The number of esters is 1. The molecule has 5 aromatic carbocycles. The minimum atomic E-state index is -1.07. The molecule has 0 bridgehead atoms. The van der Waals surface area contributed by atoms with Gasteiger partial charge in [-0.05, 0) is 45.9 Å². The third-order valence-corrected chi connectivity index (χ3v) is 8.70. The number of carboxylic acid groups (broad SMARTS) is 1. The van der Waals surface area contributed by atoms with Crippen LogP contribution in [0.2, 0.25) is 0 Å². The zero-order chi connectivity index (χ0) is 31.9. The molecule has 2 atom stereocenters. The molecule has 5 heteroatoms. The number of hydrogen-bond donors (Lipinski definition) is 1. The first-order valence-corrected chi connectivity index (χ1v) is 15.6. The van der Waals surface area contributed by atoms with Gasteiger partial charge in [-0.3, -0.25) is 9.59 Å². The highest BCUT2D eigenvalue weighted by Gasteiger charge is 2.41. The first-order chi connectivity index (χ1) is 22.5. The van der Waals surface area contributed by atoms with Gasteiger partial charge in [-0.25, -0.2) is 0 Å². The first kappa shape index (κ1) is 30.8. The quantitative estimate of drug-likeness (QED) is 0.0875. The maximum atomic E-state index is 12.9. The van der Waals surface area contributed by atoms with Crippen LogP contribution < -0.4 is 0 Å². The van der Waals surface area contributed by atoms with Crippen molar-refractivity contribution in [3.05, 3.63) is 179 Å². The average molecular weight is 609 g/mol. The van der Waals surface area contributed by atoms with E-state index < -0.39 is 29.6 Å². The molecule has 0 saturated heterocycles. The van der Waals surface area contributed by atoms with Gasteiger partial charge < -0.3 is 14.6 Å². The number of ether oxygens (including phenoxy) is 2. The lowest BCUT2D eigenvalue weighted by Crippen LogP contribution is -2.40. The SMILES string of the molecule is C[C@@H](OC(c1ccccc1)(c1ccccc1)c1ccccc1)C(/C=C/CC(=O)OCC1c2ccccc2-c2ccccc21)C(=O)O. The number of fused-ring (bicyclic) bond motifs is 3. The van der Waals surface area contributed by atoms with E-state index in [2.05, 4.69) is 24.3 Å². The predicted octanol–water partition coefficient (Wildman–Crippen LogP) is 8.39. The lowest BCUT2D eigenvalue weighted by molar-refractivity contribution is -0.148. The lowest BCUT2D eigenvalue weighted by Gasteiger charge is -2.39. The Kier molecular flexibility index (Phi) is 9.23. The van der Waals surface area contributed by atoms with E-state index in [4.69, 9.17) is 9.47 Å². The maximum absolute atomic E-state index is 12.9. The van der Waals surface area contributed by atoms with Crippen LogP contribution in [-0.4, -0.2) is 29.8 Å². The van der Waals surface area contributed by atoms with Gasteiger partial charge in [0, 0.05) is 5.92 Å². The molecule has 0 heterocycles.